The lowest BCUT2D eigenvalue weighted by molar-refractivity contribution is -0.124. The Morgan fingerprint density at radius 1 is 0.976 bits per heavy atom. The average Bonchev–Trinajstić information content (AvgIpc) is 3.62. The van der Waals surface area contributed by atoms with E-state index in [4.69, 9.17) is 0 Å². The number of ketones is 1. The summed E-state index contributed by atoms with van der Waals surface area (Å²) in [7, 11) is 0. The maximum atomic E-state index is 15.0. The maximum absolute atomic E-state index is 15.0. The molecule has 0 fully saturated rings. The molecule has 4 aromatic rings. The molecule has 2 aliphatic heterocycles. The smallest absolute Gasteiger partial charge is 0.248 e. The number of allylic oxidation sites excluding steroid dienone is 1. The number of fused-ring (bicyclic) bond motifs is 3. The minimum atomic E-state index is -1.70. The lowest BCUT2D eigenvalue weighted by Gasteiger charge is -2.44. The molecule has 0 bridgehead atoms. The van der Waals surface area contributed by atoms with Gasteiger partial charge in [0.05, 0.1) is 12.1 Å². The quantitative estimate of drug-likeness (QED) is 0.261. The van der Waals surface area contributed by atoms with Crippen molar-refractivity contribution in [3.8, 4) is 6.07 Å². The molecule has 42 heavy (non-hydrogen) atoms. The molecule has 7 rings (SSSR count). The molecule has 4 heterocycles. The maximum Gasteiger partial charge on any atom is 0.248 e. The monoisotopic (exact) mass is 619 g/mol. The lowest BCUT2D eigenvalue weighted by Crippen LogP contribution is -2.51. The average molecular weight is 620 g/mol. The summed E-state index contributed by atoms with van der Waals surface area (Å²) in [5.41, 5.74) is 0.774. The van der Waals surface area contributed by atoms with Crippen molar-refractivity contribution in [1.82, 2.24) is 9.55 Å². The van der Waals surface area contributed by atoms with E-state index in [0.29, 0.717) is 52.6 Å². The molecule has 2 aromatic carbocycles. The second kappa shape index (κ2) is 9.93. The summed E-state index contributed by atoms with van der Waals surface area (Å²) < 4.78 is 17.5. The Hall–Kier alpha value is -4.81. The lowest BCUT2D eigenvalue weighted by atomic mass is 9.63. The number of pyridine rings is 1. The molecule has 7 nitrogen and oxygen atoms in total. The molecule has 0 saturated carbocycles. The molecule has 0 N–H and O–H groups in total. The first-order valence-electron chi connectivity index (χ1n) is 13.6. The molecular weight excluding hydrogens is 597 g/mol. The van der Waals surface area contributed by atoms with E-state index in [0.717, 1.165) is 4.47 Å². The number of hydrogen-bond donors (Lipinski definition) is 0. The number of amides is 1. The van der Waals surface area contributed by atoms with E-state index in [-0.39, 0.29) is 24.3 Å². The van der Waals surface area contributed by atoms with E-state index in [1.54, 1.807) is 53.2 Å². The van der Waals surface area contributed by atoms with Gasteiger partial charge in [-0.25, -0.2) is 9.37 Å². The molecule has 206 valence electrons. The van der Waals surface area contributed by atoms with Crippen LogP contribution in [0.15, 0.2) is 113 Å². The number of nitriles is 1. The van der Waals surface area contributed by atoms with Crippen LogP contribution in [0.3, 0.4) is 0 Å². The molecule has 9 heteroatoms. The molecule has 1 atom stereocenters. The molecule has 0 radical (unpaired) electrons. The minimum absolute atomic E-state index is 0.0450. The SMILES string of the molecule is N#CC1=C(n2cccc2)N(c2ccc(Br)cn2)C2=C(C(=O)CCC2)C12C(=O)N(Cc1ccccc1F)c1ccccc12. The van der Waals surface area contributed by atoms with Gasteiger partial charge in [-0.3, -0.25) is 14.5 Å². The Kier molecular flexibility index (Phi) is 6.17. The van der Waals surface area contributed by atoms with Crippen molar-refractivity contribution in [3.05, 3.63) is 130 Å². The molecular formula is C33H23BrFN5O2. The van der Waals surface area contributed by atoms with E-state index in [1.165, 1.54) is 11.0 Å². The van der Waals surface area contributed by atoms with Crippen LogP contribution >= 0.6 is 15.9 Å². The van der Waals surface area contributed by atoms with Crippen LogP contribution < -0.4 is 9.80 Å². The van der Waals surface area contributed by atoms with Crippen molar-refractivity contribution in [2.45, 2.75) is 31.2 Å². The molecule has 1 amide bonds. The minimum Gasteiger partial charge on any atom is -0.309 e. The Morgan fingerprint density at radius 2 is 1.74 bits per heavy atom. The highest BCUT2D eigenvalue weighted by molar-refractivity contribution is 9.10. The summed E-state index contributed by atoms with van der Waals surface area (Å²) in [5.74, 6) is -0.110. The van der Waals surface area contributed by atoms with Crippen LogP contribution in [0.1, 0.15) is 30.4 Å². The standard InChI is InChI=1S/C33H23BrFN5O2/c34-22-14-15-29(37-19-22)40-27-12-7-13-28(41)30(27)33(24(18-36)31(40)38-16-5-6-17-38)23-9-2-4-11-26(23)39(32(33)42)20-21-8-1-3-10-25(21)35/h1-6,8-11,14-17,19H,7,12-13,20H2. The number of Topliss-reactive ketones (excluding diaryl/α,β-unsaturated/α-hetero) is 1. The van der Waals surface area contributed by atoms with Gasteiger partial charge in [-0.15, -0.1) is 0 Å². The largest absolute Gasteiger partial charge is 0.309 e. The zero-order chi connectivity index (χ0) is 29.0. The first-order chi connectivity index (χ1) is 20.5. The van der Waals surface area contributed by atoms with E-state index >= 15 is 4.79 Å². The van der Waals surface area contributed by atoms with Gasteiger partial charge in [0, 0.05) is 57.6 Å². The highest BCUT2D eigenvalue weighted by atomic mass is 79.9. The highest BCUT2D eigenvalue weighted by Crippen LogP contribution is 2.58. The molecule has 1 unspecified atom stereocenters. The fourth-order valence-electron chi connectivity index (χ4n) is 6.50. The van der Waals surface area contributed by atoms with Crippen LogP contribution in [0.5, 0.6) is 0 Å². The number of benzene rings is 2. The highest BCUT2D eigenvalue weighted by Gasteiger charge is 2.62. The van der Waals surface area contributed by atoms with E-state index in [1.807, 2.05) is 41.6 Å². The number of hydrogen-bond acceptors (Lipinski definition) is 5. The third kappa shape index (κ3) is 3.65. The summed E-state index contributed by atoms with van der Waals surface area (Å²) in [6.45, 7) is -0.0450. The van der Waals surface area contributed by atoms with E-state index < -0.39 is 17.1 Å². The molecule has 3 aliphatic rings. The van der Waals surface area contributed by atoms with Gasteiger partial charge in [-0.2, -0.15) is 5.26 Å². The number of carbonyl (C=O) groups is 2. The summed E-state index contributed by atoms with van der Waals surface area (Å²) >= 11 is 3.45. The summed E-state index contributed by atoms with van der Waals surface area (Å²) in [4.78, 5) is 37.1. The van der Waals surface area contributed by atoms with Gasteiger partial charge in [0.25, 0.3) is 0 Å². The third-order valence-corrected chi connectivity index (χ3v) is 8.66. The van der Waals surface area contributed by atoms with Crippen LogP contribution in [-0.4, -0.2) is 21.2 Å². The van der Waals surface area contributed by atoms with Crippen molar-refractivity contribution in [2.24, 2.45) is 0 Å². The van der Waals surface area contributed by atoms with Crippen LogP contribution in [0, 0.1) is 17.1 Å². The Bertz CT molecular complexity index is 1870. The molecule has 1 aliphatic carbocycles. The fourth-order valence-corrected chi connectivity index (χ4v) is 6.73. The van der Waals surface area contributed by atoms with Gasteiger partial charge in [0.1, 0.15) is 28.9 Å². The second-order valence-corrected chi connectivity index (χ2v) is 11.3. The Labute approximate surface area is 249 Å². The first-order valence-corrected chi connectivity index (χ1v) is 14.4. The van der Waals surface area contributed by atoms with Gasteiger partial charge in [0.2, 0.25) is 5.91 Å². The van der Waals surface area contributed by atoms with Crippen LogP contribution in [0.4, 0.5) is 15.9 Å². The van der Waals surface area contributed by atoms with E-state index in [9.17, 15) is 14.4 Å². The molecule has 2 aromatic heterocycles. The topological polar surface area (TPSA) is 82.2 Å². The number of para-hydroxylation sites is 1. The van der Waals surface area contributed by atoms with Crippen LogP contribution in [0.2, 0.25) is 0 Å². The van der Waals surface area contributed by atoms with Crippen molar-refractivity contribution in [2.75, 3.05) is 9.80 Å². The number of nitrogens with zero attached hydrogens (tertiary/aromatic N) is 5. The number of anilines is 2. The van der Waals surface area contributed by atoms with Crippen molar-refractivity contribution in [3.63, 3.8) is 0 Å². The van der Waals surface area contributed by atoms with Crippen LogP contribution in [-0.2, 0) is 21.5 Å². The Balaban J connectivity index is 1.57. The van der Waals surface area contributed by atoms with Crippen molar-refractivity contribution >= 4 is 44.9 Å². The number of carbonyl (C=O) groups excluding carboxylic acids is 2. The normalized spacial score (nSPS) is 19.8. The predicted octanol–water partition coefficient (Wildman–Crippen LogP) is 6.49. The molecule has 1 spiro atoms. The van der Waals surface area contributed by atoms with E-state index in [2.05, 4.69) is 27.0 Å². The number of aromatic nitrogens is 2. The summed E-state index contributed by atoms with van der Waals surface area (Å²) in [5, 5.41) is 11.0. The van der Waals surface area contributed by atoms with Gasteiger partial charge in [0.15, 0.2) is 5.78 Å². The van der Waals surface area contributed by atoms with Gasteiger partial charge < -0.3 is 9.47 Å². The van der Waals surface area contributed by atoms with Gasteiger partial charge in [-0.05, 0) is 65.2 Å². The predicted molar refractivity (Wildman–Crippen MR) is 159 cm³/mol. The van der Waals surface area contributed by atoms with Gasteiger partial charge in [-0.1, -0.05) is 36.4 Å². The zero-order valence-corrected chi connectivity index (χ0v) is 23.9. The first kappa shape index (κ1) is 26.1. The van der Waals surface area contributed by atoms with Crippen molar-refractivity contribution in [1.29, 1.82) is 5.26 Å². The Morgan fingerprint density at radius 3 is 2.48 bits per heavy atom. The summed E-state index contributed by atoms with van der Waals surface area (Å²) in [6.07, 6.45) is 6.64. The second-order valence-electron chi connectivity index (χ2n) is 10.4. The number of rotatable bonds is 4. The third-order valence-electron chi connectivity index (χ3n) is 8.19. The van der Waals surface area contributed by atoms with Crippen LogP contribution in [0.25, 0.3) is 5.82 Å². The summed E-state index contributed by atoms with van der Waals surface area (Å²) in [6, 6.07) is 23.3. The fraction of sp³-hybridized carbons (Fsp3) is 0.152. The van der Waals surface area contributed by atoms with Gasteiger partial charge >= 0.3 is 0 Å². The molecule has 0 saturated heterocycles. The van der Waals surface area contributed by atoms with Crippen molar-refractivity contribution < 1.29 is 14.0 Å². The number of halogens is 2. The zero-order valence-electron chi connectivity index (χ0n) is 22.3.